The van der Waals surface area contributed by atoms with Crippen molar-refractivity contribution in [1.29, 1.82) is 0 Å². The predicted octanol–water partition coefficient (Wildman–Crippen LogP) is 0.673. The van der Waals surface area contributed by atoms with Gasteiger partial charge in [-0.3, -0.25) is 19.3 Å². The molecule has 0 aromatic heterocycles. The van der Waals surface area contributed by atoms with Crippen LogP contribution in [0.4, 0.5) is 0 Å². The van der Waals surface area contributed by atoms with Gasteiger partial charge in [0.2, 0.25) is 17.7 Å². The average Bonchev–Trinajstić information content (AvgIpc) is 2.43. The summed E-state index contributed by atoms with van der Waals surface area (Å²) >= 11 is 0. The lowest BCUT2D eigenvalue weighted by atomic mass is 9.58. The molecule has 0 radical (unpaired) electrons. The molecule has 0 aromatic carbocycles. The van der Waals surface area contributed by atoms with E-state index in [1.807, 2.05) is 20.8 Å². The van der Waals surface area contributed by atoms with E-state index in [9.17, 15) is 14.4 Å². The van der Waals surface area contributed by atoms with Gasteiger partial charge in [0.1, 0.15) is 5.41 Å². The molecular weight excluding hydrogens is 232 g/mol. The van der Waals surface area contributed by atoms with Gasteiger partial charge >= 0.3 is 0 Å². The van der Waals surface area contributed by atoms with Crippen molar-refractivity contribution in [3.05, 3.63) is 0 Å². The van der Waals surface area contributed by atoms with Crippen molar-refractivity contribution >= 4 is 17.7 Å². The van der Waals surface area contributed by atoms with Crippen LogP contribution in [0.25, 0.3) is 0 Å². The molecule has 2 N–H and O–H groups in total. The lowest BCUT2D eigenvalue weighted by molar-refractivity contribution is -0.157. The Kier molecular flexibility index (Phi) is 2.42. The molecule has 0 spiro atoms. The molecule has 1 aliphatic heterocycles. The Morgan fingerprint density at radius 2 is 1.78 bits per heavy atom. The molecule has 100 valence electrons. The van der Waals surface area contributed by atoms with E-state index in [1.165, 1.54) is 7.05 Å². The summed E-state index contributed by atoms with van der Waals surface area (Å²) in [6.07, 6.45) is 1.40. The fourth-order valence-electron chi connectivity index (χ4n) is 3.68. The minimum absolute atomic E-state index is 0.224. The third kappa shape index (κ3) is 1.15. The molecule has 2 bridgehead atoms. The fourth-order valence-corrected chi connectivity index (χ4v) is 3.68. The highest BCUT2D eigenvalue weighted by Gasteiger charge is 2.70. The smallest absolute Gasteiger partial charge is 0.245 e. The summed E-state index contributed by atoms with van der Waals surface area (Å²) in [6, 6.07) is 0. The zero-order valence-corrected chi connectivity index (χ0v) is 11.4. The summed E-state index contributed by atoms with van der Waals surface area (Å²) in [7, 11) is 1.44. The second-order valence-electron chi connectivity index (χ2n) is 6.39. The topological polar surface area (TPSA) is 80.5 Å². The van der Waals surface area contributed by atoms with Gasteiger partial charge in [0, 0.05) is 13.5 Å². The van der Waals surface area contributed by atoms with E-state index >= 15 is 0 Å². The van der Waals surface area contributed by atoms with Crippen LogP contribution in [-0.2, 0) is 14.4 Å². The second-order valence-corrected chi connectivity index (χ2v) is 6.39. The number of nitrogens with two attached hydrogens (primary N) is 1. The molecule has 1 aliphatic carbocycles. The lowest BCUT2D eigenvalue weighted by Crippen LogP contribution is -2.56. The molecule has 2 fully saturated rings. The van der Waals surface area contributed by atoms with E-state index < -0.39 is 22.6 Å². The number of hydrogen-bond acceptors (Lipinski definition) is 3. The minimum atomic E-state index is -1.25. The number of likely N-dealkylation sites (tertiary alicyclic amines) is 1. The summed E-state index contributed by atoms with van der Waals surface area (Å²) in [5, 5.41) is 0. The highest BCUT2D eigenvalue weighted by atomic mass is 16.2. The van der Waals surface area contributed by atoms with Gasteiger partial charge in [0.05, 0.1) is 0 Å². The summed E-state index contributed by atoms with van der Waals surface area (Å²) in [4.78, 5) is 37.6. The number of carbonyl (C=O) groups excluding carboxylic acids is 3. The Labute approximate surface area is 107 Å². The van der Waals surface area contributed by atoms with Crippen LogP contribution in [0.5, 0.6) is 0 Å². The zero-order chi connectivity index (χ0) is 13.9. The molecule has 18 heavy (non-hydrogen) atoms. The van der Waals surface area contributed by atoms with Crippen LogP contribution in [-0.4, -0.2) is 29.7 Å². The molecule has 2 atom stereocenters. The summed E-state index contributed by atoms with van der Waals surface area (Å²) in [6.45, 7) is 5.74. The molecule has 1 saturated heterocycles. The van der Waals surface area contributed by atoms with Gasteiger partial charge in [-0.15, -0.1) is 0 Å². The predicted molar refractivity (Wildman–Crippen MR) is 65.1 cm³/mol. The van der Waals surface area contributed by atoms with Crippen LogP contribution in [0.2, 0.25) is 0 Å². The number of hydrogen-bond donors (Lipinski definition) is 1. The van der Waals surface area contributed by atoms with Crippen LogP contribution in [0.15, 0.2) is 0 Å². The van der Waals surface area contributed by atoms with Gasteiger partial charge in [-0.1, -0.05) is 20.8 Å². The molecule has 1 saturated carbocycles. The van der Waals surface area contributed by atoms with Gasteiger partial charge in [-0.25, -0.2) is 0 Å². The van der Waals surface area contributed by atoms with Crippen LogP contribution < -0.4 is 5.73 Å². The maximum atomic E-state index is 12.5. The van der Waals surface area contributed by atoms with Crippen molar-refractivity contribution in [2.24, 2.45) is 22.0 Å². The Hall–Kier alpha value is -1.39. The number of amides is 3. The molecule has 3 amide bonds. The summed E-state index contributed by atoms with van der Waals surface area (Å²) in [5.74, 6) is -1.27. The van der Waals surface area contributed by atoms with Crippen molar-refractivity contribution < 1.29 is 14.4 Å². The first-order valence-electron chi connectivity index (χ1n) is 6.21. The number of carbonyl (C=O) groups is 3. The van der Waals surface area contributed by atoms with Crippen LogP contribution in [0.3, 0.4) is 0 Å². The van der Waals surface area contributed by atoms with Crippen LogP contribution in [0.1, 0.15) is 40.0 Å². The standard InChI is InChI=1S/C13H20N2O3/c1-11(2)12(3)5-6-13(11,9(14)17)10(18)15(4)8(16)7-12/h5-7H2,1-4H3,(H2,14,17). The monoisotopic (exact) mass is 252 g/mol. The quantitative estimate of drug-likeness (QED) is 0.550. The molecule has 5 heteroatoms. The Morgan fingerprint density at radius 1 is 1.22 bits per heavy atom. The number of fused-ring (bicyclic) bond motifs is 2. The Balaban J connectivity index is 2.71. The zero-order valence-electron chi connectivity index (χ0n) is 11.4. The maximum absolute atomic E-state index is 12.5. The third-order valence-corrected chi connectivity index (χ3v) is 5.63. The summed E-state index contributed by atoms with van der Waals surface area (Å²) < 4.78 is 0. The normalized spacial score (nSPS) is 38.8. The van der Waals surface area contributed by atoms with E-state index in [1.54, 1.807) is 0 Å². The first-order valence-corrected chi connectivity index (χ1v) is 6.21. The molecule has 1 heterocycles. The Bertz CT molecular complexity index is 457. The molecule has 2 aliphatic rings. The molecule has 2 unspecified atom stereocenters. The first kappa shape index (κ1) is 13.1. The average molecular weight is 252 g/mol. The third-order valence-electron chi connectivity index (χ3n) is 5.63. The summed E-state index contributed by atoms with van der Waals surface area (Å²) in [5.41, 5.74) is 3.33. The number of rotatable bonds is 1. The van der Waals surface area contributed by atoms with E-state index in [2.05, 4.69) is 0 Å². The number of primary amides is 1. The van der Waals surface area contributed by atoms with E-state index in [0.29, 0.717) is 12.8 Å². The number of nitrogens with zero attached hydrogens (tertiary/aromatic N) is 1. The van der Waals surface area contributed by atoms with E-state index in [0.717, 1.165) is 4.90 Å². The highest BCUT2D eigenvalue weighted by molar-refractivity contribution is 6.11. The fraction of sp³-hybridized carbons (Fsp3) is 0.769. The maximum Gasteiger partial charge on any atom is 0.245 e. The largest absolute Gasteiger partial charge is 0.369 e. The van der Waals surface area contributed by atoms with Crippen molar-refractivity contribution in [2.75, 3.05) is 7.05 Å². The van der Waals surface area contributed by atoms with Gasteiger partial charge < -0.3 is 5.73 Å². The second kappa shape index (κ2) is 3.33. The SMILES string of the molecule is CN1C(=O)CC2(C)CCC(C(N)=O)(C1=O)C2(C)C. The van der Waals surface area contributed by atoms with Gasteiger partial charge in [0.25, 0.3) is 0 Å². The minimum Gasteiger partial charge on any atom is -0.369 e. The van der Waals surface area contributed by atoms with E-state index in [-0.39, 0.29) is 17.7 Å². The van der Waals surface area contributed by atoms with Crippen molar-refractivity contribution in [3.8, 4) is 0 Å². The van der Waals surface area contributed by atoms with Gasteiger partial charge in [0.15, 0.2) is 0 Å². The number of imide groups is 1. The first-order chi connectivity index (χ1) is 8.10. The Morgan fingerprint density at radius 3 is 2.28 bits per heavy atom. The van der Waals surface area contributed by atoms with Crippen LogP contribution >= 0.6 is 0 Å². The highest BCUT2D eigenvalue weighted by Crippen LogP contribution is 2.65. The molecule has 2 rings (SSSR count). The van der Waals surface area contributed by atoms with Crippen molar-refractivity contribution in [3.63, 3.8) is 0 Å². The molecular formula is C13H20N2O3. The van der Waals surface area contributed by atoms with Crippen molar-refractivity contribution in [2.45, 2.75) is 40.0 Å². The lowest BCUT2D eigenvalue weighted by Gasteiger charge is -2.43. The van der Waals surface area contributed by atoms with E-state index in [4.69, 9.17) is 5.73 Å². The van der Waals surface area contributed by atoms with Gasteiger partial charge in [-0.05, 0) is 23.7 Å². The molecule has 0 aromatic rings. The van der Waals surface area contributed by atoms with Crippen LogP contribution in [0, 0.1) is 16.2 Å². The van der Waals surface area contributed by atoms with Gasteiger partial charge in [-0.2, -0.15) is 0 Å². The van der Waals surface area contributed by atoms with Crippen molar-refractivity contribution in [1.82, 2.24) is 4.90 Å². The molecule has 5 nitrogen and oxygen atoms in total.